The van der Waals surface area contributed by atoms with Gasteiger partial charge in [0.2, 0.25) is 5.91 Å². The smallest absolute Gasteiger partial charge is 0.307 e. The van der Waals surface area contributed by atoms with E-state index in [2.05, 4.69) is 24.3 Å². The molecule has 0 aliphatic rings. The van der Waals surface area contributed by atoms with Gasteiger partial charge in [-0.25, -0.2) is 0 Å². The van der Waals surface area contributed by atoms with E-state index in [-0.39, 0.29) is 24.3 Å². The van der Waals surface area contributed by atoms with Crippen molar-refractivity contribution in [3.63, 3.8) is 0 Å². The van der Waals surface area contributed by atoms with Crippen LogP contribution in [0.3, 0.4) is 0 Å². The van der Waals surface area contributed by atoms with Crippen LogP contribution in [0, 0.1) is 5.92 Å². The van der Waals surface area contributed by atoms with Crippen molar-refractivity contribution in [1.29, 1.82) is 0 Å². The van der Waals surface area contributed by atoms with E-state index in [0.717, 1.165) is 43.4 Å². The van der Waals surface area contributed by atoms with Crippen molar-refractivity contribution in [2.24, 2.45) is 5.92 Å². The molecule has 0 spiro atoms. The van der Waals surface area contributed by atoms with Gasteiger partial charge in [0.15, 0.2) is 5.76 Å². The van der Waals surface area contributed by atoms with Crippen LogP contribution in [0.2, 0.25) is 0 Å². The summed E-state index contributed by atoms with van der Waals surface area (Å²) in [6.45, 7) is 9.69. The Morgan fingerprint density at radius 2 is 1.72 bits per heavy atom. The Labute approximate surface area is 192 Å². The monoisotopic (exact) mass is 442 g/mol. The van der Waals surface area contributed by atoms with E-state index >= 15 is 0 Å². The number of carbonyl (C=O) groups excluding carboxylic acids is 2. The van der Waals surface area contributed by atoms with Gasteiger partial charge in [-0.1, -0.05) is 75.0 Å². The van der Waals surface area contributed by atoms with Crippen LogP contribution in [0.25, 0.3) is 11.3 Å². The van der Waals surface area contributed by atoms with Gasteiger partial charge < -0.3 is 14.6 Å². The van der Waals surface area contributed by atoms with E-state index in [1.807, 2.05) is 57.2 Å². The summed E-state index contributed by atoms with van der Waals surface area (Å²) in [6.07, 6.45) is 5.25. The third-order valence-electron chi connectivity index (χ3n) is 5.21. The first-order chi connectivity index (χ1) is 15.2. The summed E-state index contributed by atoms with van der Waals surface area (Å²) in [7, 11) is 0. The number of nitrogens with zero attached hydrogens (tertiary/aromatic N) is 1. The van der Waals surface area contributed by atoms with Gasteiger partial charge in [0, 0.05) is 17.5 Å². The Bertz CT molecular complexity index is 839. The second-order valence-corrected chi connectivity index (χ2v) is 9.31. The summed E-state index contributed by atoms with van der Waals surface area (Å²) in [5.74, 6) is -0.268. The summed E-state index contributed by atoms with van der Waals surface area (Å²) in [6, 6.07) is 11.4. The quantitative estimate of drug-likeness (QED) is 0.394. The number of ether oxygens (including phenoxy) is 1. The van der Waals surface area contributed by atoms with Gasteiger partial charge in [0.1, 0.15) is 11.3 Å². The number of benzene rings is 1. The van der Waals surface area contributed by atoms with Crippen molar-refractivity contribution in [1.82, 2.24) is 10.5 Å². The zero-order valence-corrected chi connectivity index (χ0v) is 20.1. The number of amides is 1. The molecule has 6 heteroatoms. The van der Waals surface area contributed by atoms with Crippen molar-refractivity contribution in [3.8, 4) is 11.3 Å². The molecule has 2 atom stereocenters. The first kappa shape index (κ1) is 25.6. The third-order valence-corrected chi connectivity index (χ3v) is 5.21. The molecule has 1 aromatic heterocycles. The molecule has 0 saturated heterocycles. The molecule has 0 bridgehead atoms. The van der Waals surface area contributed by atoms with Crippen molar-refractivity contribution >= 4 is 11.9 Å². The van der Waals surface area contributed by atoms with E-state index in [1.54, 1.807) is 0 Å². The molecule has 32 heavy (non-hydrogen) atoms. The summed E-state index contributed by atoms with van der Waals surface area (Å²) < 4.78 is 11.1. The summed E-state index contributed by atoms with van der Waals surface area (Å²) in [5.41, 5.74) is 1.14. The van der Waals surface area contributed by atoms with Gasteiger partial charge >= 0.3 is 5.97 Å². The lowest BCUT2D eigenvalue weighted by Gasteiger charge is -2.23. The zero-order valence-electron chi connectivity index (χ0n) is 20.1. The summed E-state index contributed by atoms with van der Waals surface area (Å²) in [4.78, 5) is 25.6. The maximum atomic E-state index is 13.2. The minimum Gasteiger partial charge on any atom is -0.460 e. The first-order valence-electron chi connectivity index (χ1n) is 11.8. The second-order valence-electron chi connectivity index (χ2n) is 9.31. The van der Waals surface area contributed by atoms with Crippen LogP contribution in [-0.4, -0.2) is 22.6 Å². The molecule has 2 aromatic rings. The molecule has 0 saturated carbocycles. The fraction of sp³-hybridized carbons (Fsp3) is 0.577. The molecule has 0 fully saturated rings. The van der Waals surface area contributed by atoms with Gasteiger partial charge in [0.25, 0.3) is 0 Å². The predicted octanol–water partition coefficient (Wildman–Crippen LogP) is 6.23. The SMILES string of the molecule is CCCCC(NC(=O)[C@H](CCCC)CC(=O)OC(C)(C)C)c1cc(-c2ccccc2)no1. The Morgan fingerprint density at radius 1 is 1.06 bits per heavy atom. The van der Waals surface area contributed by atoms with Crippen molar-refractivity contribution in [2.75, 3.05) is 0 Å². The Balaban J connectivity index is 2.14. The number of hydrogen-bond acceptors (Lipinski definition) is 5. The fourth-order valence-corrected chi connectivity index (χ4v) is 3.54. The number of hydrogen-bond donors (Lipinski definition) is 1. The van der Waals surface area contributed by atoms with Crippen LogP contribution in [0.15, 0.2) is 40.9 Å². The first-order valence-corrected chi connectivity index (χ1v) is 11.8. The average molecular weight is 443 g/mol. The van der Waals surface area contributed by atoms with E-state index in [9.17, 15) is 9.59 Å². The summed E-state index contributed by atoms with van der Waals surface area (Å²) in [5, 5.41) is 7.34. The van der Waals surface area contributed by atoms with Crippen LogP contribution in [-0.2, 0) is 14.3 Å². The molecule has 1 unspecified atom stereocenters. The van der Waals surface area contributed by atoms with Gasteiger partial charge in [-0.15, -0.1) is 0 Å². The van der Waals surface area contributed by atoms with E-state index in [0.29, 0.717) is 12.2 Å². The highest BCUT2D eigenvalue weighted by atomic mass is 16.6. The highest BCUT2D eigenvalue weighted by Crippen LogP contribution is 2.27. The third kappa shape index (κ3) is 8.48. The van der Waals surface area contributed by atoms with Crippen LogP contribution in [0.1, 0.15) is 91.4 Å². The number of unbranched alkanes of at least 4 members (excludes halogenated alkanes) is 2. The van der Waals surface area contributed by atoms with Gasteiger partial charge in [0.05, 0.1) is 12.5 Å². The molecule has 0 aliphatic heterocycles. The molecule has 1 amide bonds. The van der Waals surface area contributed by atoms with E-state index in [4.69, 9.17) is 9.26 Å². The maximum absolute atomic E-state index is 13.2. The molecule has 6 nitrogen and oxygen atoms in total. The van der Waals surface area contributed by atoms with Crippen LogP contribution in [0.5, 0.6) is 0 Å². The minimum absolute atomic E-state index is 0.0786. The van der Waals surface area contributed by atoms with Crippen molar-refractivity contribution < 1.29 is 18.8 Å². The highest BCUT2D eigenvalue weighted by molar-refractivity contribution is 5.84. The molecule has 0 aliphatic carbocycles. The van der Waals surface area contributed by atoms with E-state index < -0.39 is 11.5 Å². The van der Waals surface area contributed by atoms with E-state index in [1.165, 1.54) is 0 Å². The normalized spacial score (nSPS) is 13.4. The molecular weight excluding hydrogens is 404 g/mol. The topological polar surface area (TPSA) is 81.4 Å². The number of carbonyl (C=O) groups is 2. The fourth-order valence-electron chi connectivity index (χ4n) is 3.54. The standard InChI is InChI=1S/C26H38N2O4/c1-6-8-13-20(17-24(29)31-26(3,4)5)25(30)27-21(16-9-7-2)23-18-22(28-32-23)19-14-11-10-12-15-19/h10-12,14-15,18,20-21H,6-9,13,16-17H2,1-5H3,(H,27,30)/t20-,21?/m1/s1. The average Bonchev–Trinajstić information content (AvgIpc) is 3.23. The largest absolute Gasteiger partial charge is 0.460 e. The summed E-state index contributed by atoms with van der Waals surface area (Å²) >= 11 is 0. The number of esters is 1. The highest BCUT2D eigenvalue weighted by Gasteiger charge is 2.28. The Kier molecular flexibility index (Phi) is 9.95. The lowest BCUT2D eigenvalue weighted by molar-refractivity contribution is -0.157. The van der Waals surface area contributed by atoms with Crippen molar-refractivity contribution in [3.05, 3.63) is 42.2 Å². The van der Waals surface area contributed by atoms with Gasteiger partial charge in [-0.2, -0.15) is 0 Å². The Morgan fingerprint density at radius 3 is 2.34 bits per heavy atom. The zero-order chi connectivity index (χ0) is 23.6. The number of nitrogens with one attached hydrogen (secondary N) is 1. The minimum atomic E-state index is -0.569. The molecule has 176 valence electrons. The lowest BCUT2D eigenvalue weighted by atomic mass is 9.96. The van der Waals surface area contributed by atoms with Gasteiger partial charge in [-0.3, -0.25) is 9.59 Å². The molecule has 0 radical (unpaired) electrons. The Hall–Kier alpha value is -2.63. The molecule has 1 heterocycles. The molecule has 2 rings (SSSR count). The number of rotatable bonds is 12. The van der Waals surface area contributed by atoms with Crippen LogP contribution >= 0.6 is 0 Å². The lowest BCUT2D eigenvalue weighted by Crippen LogP contribution is -2.36. The number of aromatic nitrogens is 1. The van der Waals surface area contributed by atoms with Crippen molar-refractivity contribution in [2.45, 2.75) is 91.2 Å². The predicted molar refractivity (Wildman–Crippen MR) is 126 cm³/mol. The van der Waals surface area contributed by atoms with Gasteiger partial charge in [-0.05, 0) is 33.6 Å². The second kappa shape index (κ2) is 12.4. The van der Waals surface area contributed by atoms with Crippen LogP contribution < -0.4 is 5.32 Å². The molecular formula is C26H38N2O4. The van der Waals surface area contributed by atoms with Crippen LogP contribution in [0.4, 0.5) is 0 Å². The molecule has 1 aromatic carbocycles. The molecule has 1 N–H and O–H groups in total. The maximum Gasteiger partial charge on any atom is 0.307 e.